The molecule has 0 radical (unpaired) electrons. The van der Waals surface area contributed by atoms with Gasteiger partial charge < -0.3 is 19.8 Å². The van der Waals surface area contributed by atoms with Crippen LogP contribution in [-0.4, -0.2) is 12.6 Å². The molecule has 1 aromatic heterocycles. The molecule has 2 N–H and O–H groups in total. The van der Waals surface area contributed by atoms with E-state index in [1.54, 1.807) is 0 Å². The number of hydrogen-bond donors (Lipinski definition) is 2. The zero-order chi connectivity index (χ0) is 17.1. The summed E-state index contributed by atoms with van der Waals surface area (Å²) in [6.07, 6.45) is 0. The van der Waals surface area contributed by atoms with E-state index in [9.17, 15) is 4.79 Å². The average molecular weight is 334 g/mol. The number of para-hydroxylation sites is 1. The zero-order valence-corrected chi connectivity index (χ0v) is 13.6. The fraction of sp³-hybridized carbons (Fsp3) is 0.150. The second-order valence-corrected chi connectivity index (χ2v) is 5.86. The number of carbonyl (C=O) groups is 1. The van der Waals surface area contributed by atoms with E-state index in [2.05, 4.69) is 10.6 Å². The maximum atomic E-state index is 12.1. The van der Waals surface area contributed by atoms with Gasteiger partial charge in [0, 0.05) is 11.1 Å². The van der Waals surface area contributed by atoms with Crippen LogP contribution in [0.5, 0.6) is 5.75 Å². The minimum absolute atomic E-state index is 0.132. The number of urea groups is 1. The summed E-state index contributed by atoms with van der Waals surface area (Å²) >= 11 is 0. The van der Waals surface area contributed by atoms with E-state index >= 15 is 0 Å². The highest BCUT2D eigenvalue weighted by atomic mass is 16.5. The molecule has 4 rings (SSSR count). The Hall–Kier alpha value is -3.21. The van der Waals surface area contributed by atoms with Crippen LogP contribution in [0.4, 0.5) is 4.79 Å². The standard InChI is InChI=1S/C20H18N2O3/c23-20(22-17-13-24-19-9-5-4-8-16(17)19)21-12-15-10-11-18(25-15)14-6-2-1-3-7-14/h1-11,17H,12-13H2,(H2,21,22,23)/t17-/m0/s1. The van der Waals surface area contributed by atoms with Crippen LogP contribution in [0.15, 0.2) is 71.1 Å². The predicted octanol–water partition coefficient (Wildman–Crippen LogP) is 3.88. The normalized spacial score (nSPS) is 15.3. The van der Waals surface area contributed by atoms with Gasteiger partial charge in [-0.15, -0.1) is 0 Å². The third kappa shape index (κ3) is 3.35. The number of amides is 2. The van der Waals surface area contributed by atoms with Gasteiger partial charge in [0.25, 0.3) is 0 Å². The van der Waals surface area contributed by atoms with E-state index in [1.165, 1.54) is 0 Å². The average Bonchev–Trinajstić information content (AvgIpc) is 3.28. The number of carbonyl (C=O) groups excluding carboxylic acids is 1. The van der Waals surface area contributed by atoms with Crippen molar-refractivity contribution in [2.24, 2.45) is 0 Å². The van der Waals surface area contributed by atoms with Crippen molar-refractivity contribution in [1.82, 2.24) is 10.6 Å². The maximum absolute atomic E-state index is 12.1. The first kappa shape index (κ1) is 15.3. The molecule has 3 aromatic rings. The number of nitrogens with one attached hydrogen (secondary N) is 2. The van der Waals surface area contributed by atoms with E-state index in [0.29, 0.717) is 18.9 Å². The lowest BCUT2D eigenvalue weighted by molar-refractivity contribution is 0.231. The van der Waals surface area contributed by atoms with Crippen molar-refractivity contribution in [3.63, 3.8) is 0 Å². The lowest BCUT2D eigenvalue weighted by atomic mass is 10.1. The smallest absolute Gasteiger partial charge is 0.315 e. The highest BCUT2D eigenvalue weighted by Gasteiger charge is 2.24. The molecular weight excluding hydrogens is 316 g/mol. The predicted molar refractivity (Wildman–Crippen MR) is 94.2 cm³/mol. The van der Waals surface area contributed by atoms with Gasteiger partial charge >= 0.3 is 6.03 Å². The summed E-state index contributed by atoms with van der Waals surface area (Å²) in [4.78, 5) is 12.1. The van der Waals surface area contributed by atoms with Crippen LogP contribution >= 0.6 is 0 Å². The van der Waals surface area contributed by atoms with Crippen molar-refractivity contribution >= 4 is 6.03 Å². The Bertz CT molecular complexity index is 873. The minimum atomic E-state index is -0.247. The molecule has 0 spiro atoms. The summed E-state index contributed by atoms with van der Waals surface area (Å²) in [6, 6.07) is 21.0. The molecule has 0 aliphatic carbocycles. The monoisotopic (exact) mass is 334 g/mol. The van der Waals surface area contributed by atoms with Crippen LogP contribution in [0, 0.1) is 0 Å². The second-order valence-electron chi connectivity index (χ2n) is 5.86. The fourth-order valence-corrected chi connectivity index (χ4v) is 2.89. The Morgan fingerprint density at radius 1 is 1.00 bits per heavy atom. The van der Waals surface area contributed by atoms with Crippen molar-refractivity contribution in [3.05, 3.63) is 78.1 Å². The molecule has 0 saturated heterocycles. The summed E-state index contributed by atoms with van der Waals surface area (Å²) in [5, 5.41) is 5.75. The molecule has 0 saturated carbocycles. The molecule has 1 aliphatic rings. The van der Waals surface area contributed by atoms with Crippen molar-refractivity contribution in [3.8, 4) is 17.1 Å². The van der Waals surface area contributed by atoms with E-state index in [-0.39, 0.29) is 12.1 Å². The van der Waals surface area contributed by atoms with E-state index in [0.717, 1.165) is 22.6 Å². The molecular formula is C20H18N2O3. The van der Waals surface area contributed by atoms with Gasteiger partial charge in [0.2, 0.25) is 0 Å². The minimum Gasteiger partial charge on any atom is -0.491 e. The number of hydrogen-bond acceptors (Lipinski definition) is 3. The van der Waals surface area contributed by atoms with Crippen LogP contribution < -0.4 is 15.4 Å². The van der Waals surface area contributed by atoms with E-state index in [4.69, 9.17) is 9.15 Å². The summed E-state index contributed by atoms with van der Waals surface area (Å²) in [5.74, 6) is 2.32. The molecule has 1 atom stereocenters. The maximum Gasteiger partial charge on any atom is 0.315 e. The molecule has 2 amide bonds. The van der Waals surface area contributed by atoms with Gasteiger partial charge in [0.1, 0.15) is 23.9 Å². The van der Waals surface area contributed by atoms with Gasteiger partial charge in [-0.3, -0.25) is 0 Å². The molecule has 5 nitrogen and oxygen atoms in total. The molecule has 5 heteroatoms. The molecule has 2 heterocycles. The van der Waals surface area contributed by atoms with Crippen molar-refractivity contribution < 1.29 is 13.9 Å². The molecule has 2 aromatic carbocycles. The number of rotatable bonds is 4. The van der Waals surface area contributed by atoms with Crippen molar-refractivity contribution in [2.45, 2.75) is 12.6 Å². The second kappa shape index (κ2) is 6.73. The largest absolute Gasteiger partial charge is 0.491 e. The summed E-state index contributed by atoms with van der Waals surface area (Å²) < 4.78 is 11.3. The first-order valence-corrected chi connectivity index (χ1v) is 8.20. The highest BCUT2D eigenvalue weighted by Crippen LogP contribution is 2.31. The topological polar surface area (TPSA) is 63.5 Å². The van der Waals surface area contributed by atoms with Gasteiger partial charge in [-0.1, -0.05) is 48.5 Å². The summed E-state index contributed by atoms with van der Waals surface area (Å²) in [6.45, 7) is 0.777. The van der Waals surface area contributed by atoms with Gasteiger partial charge in [0.15, 0.2) is 0 Å². The van der Waals surface area contributed by atoms with Crippen molar-refractivity contribution in [1.29, 1.82) is 0 Å². The SMILES string of the molecule is O=C(NCc1ccc(-c2ccccc2)o1)N[C@H]1COc2ccccc21. The van der Waals surface area contributed by atoms with Gasteiger partial charge in [-0.05, 0) is 18.2 Å². The third-order valence-electron chi connectivity index (χ3n) is 4.15. The number of fused-ring (bicyclic) bond motifs is 1. The van der Waals surface area contributed by atoms with E-state index in [1.807, 2.05) is 66.7 Å². The molecule has 0 bridgehead atoms. The Balaban J connectivity index is 1.33. The Morgan fingerprint density at radius 3 is 2.68 bits per heavy atom. The van der Waals surface area contributed by atoms with Crippen LogP contribution in [0.2, 0.25) is 0 Å². The molecule has 126 valence electrons. The molecule has 0 fully saturated rings. The highest BCUT2D eigenvalue weighted by molar-refractivity contribution is 5.74. The van der Waals surface area contributed by atoms with E-state index < -0.39 is 0 Å². The van der Waals surface area contributed by atoms with Crippen LogP contribution in [0.3, 0.4) is 0 Å². The first-order chi connectivity index (χ1) is 12.3. The Kier molecular flexibility index (Phi) is 4.12. The lowest BCUT2D eigenvalue weighted by Gasteiger charge is -2.12. The molecule has 1 aliphatic heterocycles. The number of furan rings is 1. The summed E-state index contributed by atoms with van der Waals surface area (Å²) in [5.41, 5.74) is 2.01. The van der Waals surface area contributed by atoms with Gasteiger partial charge in [-0.2, -0.15) is 0 Å². The zero-order valence-electron chi connectivity index (χ0n) is 13.6. The molecule has 25 heavy (non-hydrogen) atoms. The third-order valence-corrected chi connectivity index (χ3v) is 4.15. The quantitative estimate of drug-likeness (QED) is 0.761. The Labute approximate surface area is 145 Å². The Morgan fingerprint density at radius 2 is 1.80 bits per heavy atom. The van der Waals surface area contributed by atoms with Crippen LogP contribution in [0.25, 0.3) is 11.3 Å². The number of ether oxygens (including phenoxy) is 1. The van der Waals surface area contributed by atoms with Crippen LogP contribution in [-0.2, 0) is 6.54 Å². The van der Waals surface area contributed by atoms with Crippen molar-refractivity contribution in [2.75, 3.05) is 6.61 Å². The fourth-order valence-electron chi connectivity index (χ4n) is 2.89. The van der Waals surface area contributed by atoms with Gasteiger partial charge in [0.05, 0.1) is 12.6 Å². The lowest BCUT2D eigenvalue weighted by Crippen LogP contribution is -2.38. The first-order valence-electron chi connectivity index (χ1n) is 8.20. The van der Waals surface area contributed by atoms with Crippen LogP contribution in [0.1, 0.15) is 17.4 Å². The number of benzene rings is 2. The summed E-state index contributed by atoms with van der Waals surface area (Å²) in [7, 11) is 0. The van der Waals surface area contributed by atoms with Gasteiger partial charge in [-0.25, -0.2) is 4.79 Å². The molecule has 0 unspecified atom stereocenters.